The van der Waals surface area contributed by atoms with Gasteiger partial charge in [0.15, 0.2) is 0 Å². The summed E-state index contributed by atoms with van der Waals surface area (Å²) in [4.78, 5) is 1.24. The molecule has 3 rings (SSSR count). The summed E-state index contributed by atoms with van der Waals surface area (Å²) in [6.45, 7) is 1.38. The lowest BCUT2D eigenvalue weighted by molar-refractivity contribution is -0.878. The lowest BCUT2D eigenvalue weighted by atomic mass is 9.55. The van der Waals surface area contributed by atoms with Crippen molar-refractivity contribution in [3.63, 3.8) is 0 Å². The maximum absolute atomic E-state index is 9.78. The molecule has 6 heteroatoms. The van der Waals surface area contributed by atoms with Gasteiger partial charge in [0.25, 0.3) is 0 Å². The van der Waals surface area contributed by atoms with Crippen LogP contribution in [0, 0.1) is 56.7 Å². The maximum atomic E-state index is 9.78. The van der Waals surface area contributed by atoms with E-state index in [-0.39, 0.29) is 17.5 Å². The molecule has 1 fully saturated rings. The summed E-state index contributed by atoms with van der Waals surface area (Å²) in [5.41, 5.74) is -0.323. The molecule has 25 heavy (non-hydrogen) atoms. The fourth-order valence-electron chi connectivity index (χ4n) is 4.12. The van der Waals surface area contributed by atoms with Gasteiger partial charge in [0.05, 0.1) is 50.0 Å². The van der Waals surface area contributed by atoms with Gasteiger partial charge in [-0.15, -0.1) is 0 Å². The molecule has 124 valence electrons. The van der Waals surface area contributed by atoms with Crippen LogP contribution in [0.1, 0.15) is 11.5 Å². The zero-order valence-electron chi connectivity index (χ0n) is 13.8. The van der Waals surface area contributed by atoms with Crippen molar-refractivity contribution < 1.29 is 4.90 Å². The third-order valence-corrected chi connectivity index (χ3v) is 5.66. The van der Waals surface area contributed by atoms with Gasteiger partial charge in [-0.05, 0) is 23.3 Å². The van der Waals surface area contributed by atoms with Crippen molar-refractivity contribution in [1.29, 1.82) is 21.2 Å². The van der Waals surface area contributed by atoms with Crippen LogP contribution in [0.3, 0.4) is 0 Å². The van der Waals surface area contributed by atoms with Crippen molar-refractivity contribution in [2.45, 2.75) is 5.92 Å². The minimum absolute atomic E-state index is 0.132. The van der Waals surface area contributed by atoms with E-state index in [2.05, 4.69) is 6.07 Å². The summed E-state index contributed by atoms with van der Waals surface area (Å²) in [5, 5.41) is 38.3. The standard InChI is InChI=1S/C19H16ClN5/c1-25-7-6-15-14(9-25)17(12-4-2-3-5-16(12)20)13(8-21)18(24)19(15,10-22)11-23/h2-6,13-14,17,24H,7,9H2,1H3/p+1/t13-,14-,17-/m1/s1. The number of hydrogen-bond acceptors (Lipinski definition) is 4. The molecule has 0 radical (unpaired) electrons. The molecule has 0 aromatic heterocycles. The fourth-order valence-corrected chi connectivity index (χ4v) is 4.38. The fraction of sp³-hybridized carbons (Fsp3) is 0.368. The largest absolute Gasteiger partial charge is 0.334 e. The molecule has 1 aliphatic heterocycles. The van der Waals surface area contributed by atoms with Crippen LogP contribution in [0.4, 0.5) is 0 Å². The van der Waals surface area contributed by atoms with E-state index < -0.39 is 11.3 Å². The van der Waals surface area contributed by atoms with Crippen molar-refractivity contribution in [2.24, 2.45) is 17.3 Å². The average Bonchev–Trinajstić information content (AvgIpc) is 2.62. The summed E-state index contributed by atoms with van der Waals surface area (Å²) in [6, 6.07) is 13.6. The summed E-state index contributed by atoms with van der Waals surface area (Å²) < 4.78 is 0. The molecule has 1 heterocycles. The van der Waals surface area contributed by atoms with Crippen LogP contribution in [-0.2, 0) is 0 Å². The van der Waals surface area contributed by atoms with Gasteiger partial charge in [-0.2, -0.15) is 15.8 Å². The molecular weight excluding hydrogens is 334 g/mol. The molecule has 1 aromatic rings. The first-order chi connectivity index (χ1) is 12.0. The summed E-state index contributed by atoms with van der Waals surface area (Å²) in [5.74, 6) is -1.36. The lowest BCUT2D eigenvalue weighted by Gasteiger charge is -2.45. The molecule has 0 saturated heterocycles. The Morgan fingerprint density at radius 1 is 1.24 bits per heavy atom. The normalized spacial score (nSPS) is 30.2. The minimum Gasteiger partial charge on any atom is -0.334 e. The van der Waals surface area contributed by atoms with E-state index in [0.29, 0.717) is 23.7 Å². The zero-order chi connectivity index (χ0) is 18.2. The number of fused-ring (bicyclic) bond motifs is 1. The second kappa shape index (κ2) is 6.34. The van der Waals surface area contributed by atoms with Crippen LogP contribution >= 0.6 is 11.6 Å². The molecule has 1 aliphatic carbocycles. The summed E-state index contributed by atoms with van der Waals surface area (Å²) in [7, 11) is 2.04. The SMILES string of the molecule is C[NH+]1CC=C2[C@@H](C1)[C@H](c1ccccc1Cl)[C@@H](C#N)C(=N)C2(C#N)C#N. The van der Waals surface area contributed by atoms with E-state index in [1.165, 1.54) is 4.90 Å². The minimum atomic E-state index is -1.65. The first-order valence-electron chi connectivity index (χ1n) is 8.07. The van der Waals surface area contributed by atoms with Gasteiger partial charge in [0.2, 0.25) is 5.41 Å². The molecule has 4 atom stereocenters. The number of hydrogen-bond donors (Lipinski definition) is 2. The van der Waals surface area contributed by atoms with E-state index in [1.807, 2.05) is 43.5 Å². The van der Waals surface area contributed by atoms with Crippen molar-refractivity contribution in [3.8, 4) is 18.2 Å². The van der Waals surface area contributed by atoms with E-state index in [0.717, 1.165) is 5.56 Å². The Balaban J connectivity index is 2.26. The monoisotopic (exact) mass is 350 g/mol. The van der Waals surface area contributed by atoms with Gasteiger partial charge < -0.3 is 10.3 Å². The third kappa shape index (κ3) is 2.43. The van der Waals surface area contributed by atoms with E-state index >= 15 is 0 Å². The highest BCUT2D eigenvalue weighted by Gasteiger charge is 2.57. The van der Waals surface area contributed by atoms with Crippen LogP contribution in [0.5, 0.6) is 0 Å². The summed E-state index contributed by atoms with van der Waals surface area (Å²) in [6.07, 6.45) is 1.90. The molecule has 2 aliphatic rings. The van der Waals surface area contributed by atoms with Crippen molar-refractivity contribution >= 4 is 17.3 Å². The van der Waals surface area contributed by atoms with E-state index in [4.69, 9.17) is 17.0 Å². The molecule has 2 N–H and O–H groups in total. The van der Waals surface area contributed by atoms with Crippen LogP contribution in [0.15, 0.2) is 35.9 Å². The zero-order valence-corrected chi connectivity index (χ0v) is 14.5. The Morgan fingerprint density at radius 2 is 1.92 bits per heavy atom. The Kier molecular flexibility index (Phi) is 4.36. The number of nitrogens with one attached hydrogen (secondary N) is 2. The molecule has 0 amide bonds. The quantitative estimate of drug-likeness (QED) is 0.754. The average molecular weight is 351 g/mol. The van der Waals surface area contributed by atoms with E-state index in [1.54, 1.807) is 6.07 Å². The number of rotatable bonds is 1. The van der Waals surface area contributed by atoms with Crippen LogP contribution in [-0.4, -0.2) is 25.8 Å². The smallest absolute Gasteiger partial charge is 0.203 e. The molecule has 0 bridgehead atoms. The number of benzene rings is 1. The predicted octanol–water partition coefficient (Wildman–Crippen LogP) is 1.70. The molecule has 1 saturated carbocycles. The maximum Gasteiger partial charge on any atom is 0.203 e. The number of nitrogens with zero attached hydrogens (tertiary/aromatic N) is 3. The topological polar surface area (TPSA) is 99.7 Å². The second-order valence-electron chi connectivity index (χ2n) is 6.67. The highest BCUT2D eigenvalue weighted by atomic mass is 35.5. The predicted molar refractivity (Wildman–Crippen MR) is 92.9 cm³/mol. The highest BCUT2D eigenvalue weighted by Crippen LogP contribution is 2.52. The first kappa shape index (κ1) is 17.2. The van der Waals surface area contributed by atoms with Gasteiger partial charge in [-0.1, -0.05) is 29.8 Å². The van der Waals surface area contributed by atoms with Crippen LogP contribution < -0.4 is 4.90 Å². The van der Waals surface area contributed by atoms with E-state index in [9.17, 15) is 15.8 Å². The van der Waals surface area contributed by atoms with Gasteiger partial charge in [-0.25, -0.2) is 0 Å². The highest BCUT2D eigenvalue weighted by molar-refractivity contribution is 6.31. The Labute approximate surface area is 151 Å². The Morgan fingerprint density at radius 3 is 2.52 bits per heavy atom. The molecular formula is C19H17ClN5+. The number of likely N-dealkylation sites (N-methyl/N-ethyl adjacent to an activating group) is 1. The number of quaternary nitrogens is 1. The lowest BCUT2D eigenvalue weighted by Crippen LogP contribution is -3.10. The second-order valence-corrected chi connectivity index (χ2v) is 7.08. The van der Waals surface area contributed by atoms with Crippen LogP contribution in [0.2, 0.25) is 5.02 Å². The molecule has 1 unspecified atom stereocenters. The van der Waals surface area contributed by atoms with Gasteiger partial charge >= 0.3 is 0 Å². The van der Waals surface area contributed by atoms with Crippen molar-refractivity contribution in [1.82, 2.24) is 0 Å². The Bertz CT molecular complexity index is 868. The van der Waals surface area contributed by atoms with Gasteiger partial charge in [-0.3, -0.25) is 0 Å². The first-order valence-corrected chi connectivity index (χ1v) is 8.45. The molecule has 5 nitrogen and oxygen atoms in total. The van der Waals surface area contributed by atoms with Gasteiger partial charge in [0, 0.05) is 16.9 Å². The van der Waals surface area contributed by atoms with Crippen LogP contribution in [0.25, 0.3) is 0 Å². The Hall–Kier alpha value is -2.65. The number of halogens is 1. The van der Waals surface area contributed by atoms with Crippen molar-refractivity contribution in [3.05, 3.63) is 46.5 Å². The van der Waals surface area contributed by atoms with Gasteiger partial charge in [0.1, 0.15) is 0 Å². The molecule has 1 aromatic carbocycles. The molecule has 0 spiro atoms. The third-order valence-electron chi connectivity index (χ3n) is 5.32. The number of nitriles is 3. The summed E-state index contributed by atoms with van der Waals surface area (Å²) >= 11 is 6.40. The van der Waals surface area contributed by atoms with Crippen molar-refractivity contribution in [2.75, 3.05) is 20.1 Å².